The molecule has 0 aromatic rings. The standard InChI is InChI=1S/C13H23N3O4/c1-5-20-13(18)16-8-6-15(7-9-16)11(14(2)3)10-12(17)19-4/h10H,5-9H2,1-4H3. The molecule has 20 heavy (non-hydrogen) atoms. The Bertz CT molecular complexity index is 374. The summed E-state index contributed by atoms with van der Waals surface area (Å²) in [5, 5.41) is 0. The van der Waals surface area contributed by atoms with Crippen LogP contribution in [0, 0.1) is 0 Å². The summed E-state index contributed by atoms with van der Waals surface area (Å²) in [5.41, 5.74) is 0. The lowest BCUT2D eigenvalue weighted by Crippen LogP contribution is -2.50. The van der Waals surface area contributed by atoms with Crippen molar-refractivity contribution in [2.45, 2.75) is 6.92 Å². The summed E-state index contributed by atoms with van der Waals surface area (Å²) >= 11 is 0. The van der Waals surface area contributed by atoms with E-state index in [-0.39, 0.29) is 12.1 Å². The minimum atomic E-state index is -0.387. The number of amides is 1. The molecule has 7 nitrogen and oxygen atoms in total. The maximum Gasteiger partial charge on any atom is 0.409 e. The molecule has 0 spiro atoms. The third-order valence-electron chi connectivity index (χ3n) is 3.04. The van der Waals surface area contributed by atoms with E-state index in [4.69, 9.17) is 4.74 Å². The highest BCUT2D eigenvalue weighted by molar-refractivity contribution is 5.82. The molecular formula is C13H23N3O4. The van der Waals surface area contributed by atoms with Gasteiger partial charge in [0.05, 0.1) is 19.8 Å². The number of carbonyl (C=O) groups is 2. The Kier molecular flexibility index (Phi) is 6.14. The van der Waals surface area contributed by atoms with Crippen LogP contribution in [0.15, 0.2) is 11.9 Å². The maximum absolute atomic E-state index is 11.6. The molecule has 114 valence electrons. The normalized spacial score (nSPS) is 15.9. The minimum absolute atomic E-state index is 0.282. The van der Waals surface area contributed by atoms with Crippen LogP contribution in [0.25, 0.3) is 0 Å². The average molecular weight is 285 g/mol. The zero-order valence-electron chi connectivity index (χ0n) is 12.6. The van der Waals surface area contributed by atoms with E-state index in [1.807, 2.05) is 23.9 Å². The molecule has 1 aliphatic rings. The smallest absolute Gasteiger partial charge is 0.409 e. The van der Waals surface area contributed by atoms with Gasteiger partial charge >= 0.3 is 12.1 Å². The van der Waals surface area contributed by atoms with Crippen LogP contribution in [0.3, 0.4) is 0 Å². The number of esters is 1. The lowest BCUT2D eigenvalue weighted by Gasteiger charge is -2.38. The molecule has 0 aromatic carbocycles. The van der Waals surface area contributed by atoms with Gasteiger partial charge in [0.2, 0.25) is 0 Å². The minimum Gasteiger partial charge on any atom is -0.466 e. The summed E-state index contributed by atoms with van der Waals surface area (Å²) in [4.78, 5) is 28.6. The Morgan fingerprint density at radius 2 is 1.70 bits per heavy atom. The number of rotatable bonds is 4. The largest absolute Gasteiger partial charge is 0.466 e. The zero-order chi connectivity index (χ0) is 15.1. The Morgan fingerprint density at radius 3 is 2.15 bits per heavy atom. The van der Waals surface area contributed by atoms with E-state index in [1.54, 1.807) is 11.8 Å². The van der Waals surface area contributed by atoms with Gasteiger partial charge in [-0.15, -0.1) is 0 Å². The Labute approximate surface area is 119 Å². The van der Waals surface area contributed by atoms with Crippen LogP contribution in [-0.4, -0.2) is 80.8 Å². The molecular weight excluding hydrogens is 262 g/mol. The van der Waals surface area contributed by atoms with Gasteiger partial charge in [0.25, 0.3) is 0 Å². The second-order valence-corrected chi connectivity index (χ2v) is 4.59. The fourth-order valence-corrected chi connectivity index (χ4v) is 2.00. The van der Waals surface area contributed by atoms with E-state index in [2.05, 4.69) is 4.74 Å². The SMILES string of the molecule is CCOC(=O)N1CCN(C(=CC(=O)OC)N(C)C)CC1. The van der Waals surface area contributed by atoms with Crippen molar-refractivity contribution in [3.05, 3.63) is 11.9 Å². The zero-order valence-corrected chi connectivity index (χ0v) is 12.6. The van der Waals surface area contributed by atoms with Gasteiger partial charge in [-0.1, -0.05) is 0 Å². The summed E-state index contributed by atoms with van der Waals surface area (Å²) in [6, 6.07) is 0. The van der Waals surface area contributed by atoms with Crippen molar-refractivity contribution in [1.82, 2.24) is 14.7 Å². The third-order valence-corrected chi connectivity index (χ3v) is 3.04. The quantitative estimate of drug-likeness (QED) is 0.548. The van der Waals surface area contributed by atoms with E-state index in [0.717, 1.165) is 5.82 Å². The monoisotopic (exact) mass is 285 g/mol. The lowest BCUT2D eigenvalue weighted by atomic mass is 10.3. The molecule has 1 fully saturated rings. The summed E-state index contributed by atoms with van der Waals surface area (Å²) in [6.45, 7) is 4.62. The number of hydrogen-bond acceptors (Lipinski definition) is 6. The van der Waals surface area contributed by atoms with Gasteiger partial charge < -0.3 is 24.2 Å². The summed E-state index contributed by atoms with van der Waals surface area (Å²) in [5.74, 6) is 0.391. The van der Waals surface area contributed by atoms with Crippen LogP contribution in [0.1, 0.15) is 6.92 Å². The van der Waals surface area contributed by atoms with Crippen LogP contribution < -0.4 is 0 Å². The van der Waals surface area contributed by atoms with Crippen LogP contribution in [0.4, 0.5) is 4.79 Å². The molecule has 1 rings (SSSR count). The van der Waals surface area contributed by atoms with Gasteiger partial charge in [0.15, 0.2) is 0 Å². The fourth-order valence-electron chi connectivity index (χ4n) is 2.00. The summed E-state index contributed by atoms with van der Waals surface area (Å²) < 4.78 is 9.64. The molecule has 7 heteroatoms. The lowest BCUT2D eigenvalue weighted by molar-refractivity contribution is -0.135. The molecule has 0 aromatic heterocycles. The Balaban J connectivity index is 2.64. The molecule has 0 saturated carbocycles. The van der Waals surface area contributed by atoms with Gasteiger partial charge in [-0.25, -0.2) is 9.59 Å². The molecule has 1 heterocycles. The van der Waals surface area contributed by atoms with Gasteiger partial charge in [-0.05, 0) is 6.92 Å². The van der Waals surface area contributed by atoms with Crippen LogP contribution in [0.5, 0.6) is 0 Å². The number of carbonyl (C=O) groups excluding carboxylic acids is 2. The fraction of sp³-hybridized carbons (Fsp3) is 0.692. The maximum atomic E-state index is 11.6. The van der Waals surface area contributed by atoms with Crippen molar-refractivity contribution in [1.29, 1.82) is 0 Å². The van der Waals surface area contributed by atoms with Crippen LogP contribution >= 0.6 is 0 Å². The second kappa shape index (κ2) is 7.62. The van der Waals surface area contributed by atoms with Crippen molar-refractivity contribution in [2.75, 3.05) is 54.0 Å². The van der Waals surface area contributed by atoms with Gasteiger partial charge in [0.1, 0.15) is 5.82 Å². The predicted octanol–water partition coefficient (Wildman–Crippen LogP) is 0.337. The first-order valence-electron chi connectivity index (χ1n) is 6.63. The first kappa shape index (κ1) is 16.1. The van der Waals surface area contributed by atoms with E-state index in [1.165, 1.54) is 13.2 Å². The second-order valence-electron chi connectivity index (χ2n) is 4.59. The van der Waals surface area contributed by atoms with E-state index < -0.39 is 0 Å². The van der Waals surface area contributed by atoms with Gasteiger partial charge in [-0.3, -0.25) is 0 Å². The molecule has 1 amide bonds. The summed E-state index contributed by atoms with van der Waals surface area (Å²) in [6.07, 6.45) is 1.18. The highest BCUT2D eigenvalue weighted by Gasteiger charge is 2.24. The predicted molar refractivity (Wildman–Crippen MR) is 74.0 cm³/mol. The number of hydrogen-bond donors (Lipinski definition) is 0. The van der Waals surface area contributed by atoms with Crippen molar-refractivity contribution in [3.8, 4) is 0 Å². The molecule has 0 aliphatic carbocycles. The first-order chi connectivity index (χ1) is 9.49. The molecule has 0 radical (unpaired) electrons. The molecule has 0 N–H and O–H groups in total. The Hall–Kier alpha value is -1.92. The summed E-state index contributed by atoms with van der Waals surface area (Å²) in [7, 11) is 5.09. The number of ether oxygens (including phenoxy) is 2. The molecule has 1 saturated heterocycles. The number of methoxy groups -OCH3 is 1. The number of nitrogens with zero attached hydrogens (tertiary/aromatic N) is 3. The Morgan fingerprint density at radius 1 is 1.15 bits per heavy atom. The van der Waals surface area contributed by atoms with E-state index in [0.29, 0.717) is 32.8 Å². The van der Waals surface area contributed by atoms with Crippen molar-refractivity contribution in [2.24, 2.45) is 0 Å². The van der Waals surface area contributed by atoms with E-state index >= 15 is 0 Å². The van der Waals surface area contributed by atoms with Crippen LogP contribution in [-0.2, 0) is 14.3 Å². The van der Waals surface area contributed by atoms with Crippen molar-refractivity contribution < 1.29 is 19.1 Å². The van der Waals surface area contributed by atoms with Crippen molar-refractivity contribution in [3.63, 3.8) is 0 Å². The van der Waals surface area contributed by atoms with Crippen molar-refractivity contribution >= 4 is 12.1 Å². The first-order valence-corrected chi connectivity index (χ1v) is 6.63. The van der Waals surface area contributed by atoms with Gasteiger partial charge in [0, 0.05) is 40.3 Å². The molecule has 0 unspecified atom stereocenters. The van der Waals surface area contributed by atoms with E-state index in [9.17, 15) is 9.59 Å². The topological polar surface area (TPSA) is 62.3 Å². The molecule has 1 aliphatic heterocycles. The third kappa shape index (κ3) is 4.32. The molecule has 0 bridgehead atoms. The highest BCUT2D eigenvalue weighted by atomic mass is 16.6. The van der Waals surface area contributed by atoms with Crippen LogP contribution in [0.2, 0.25) is 0 Å². The average Bonchev–Trinajstić information content (AvgIpc) is 2.44. The molecule has 0 atom stereocenters. The van der Waals surface area contributed by atoms with Gasteiger partial charge in [-0.2, -0.15) is 0 Å². The number of piperazine rings is 1. The highest BCUT2D eigenvalue weighted by Crippen LogP contribution is 2.12.